The van der Waals surface area contributed by atoms with E-state index >= 15 is 0 Å². The van der Waals surface area contributed by atoms with E-state index < -0.39 is 5.56 Å². The third-order valence-corrected chi connectivity index (χ3v) is 3.49. The lowest BCUT2D eigenvalue weighted by Gasteiger charge is -2.27. The van der Waals surface area contributed by atoms with Gasteiger partial charge in [-0.1, -0.05) is 19.8 Å². The second-order valence-corrected chi connectivity index (χ2v) is 5.27. The number of hydrogen-bond acceptors (Lipinski definition) is 3. The molecule has 1 aliphatic carbocycles. The molecule has 1 saturated carbocycles. The number of hydrogen-bond donors (Lipinski definition) is 2. The van der Waals surface area contributed by atoms with Crippen molar-refractivity contribution < 1.29 is 4.79 Å². The molecule has 0 bridgehead atoms. The van der Waals surface area contributed by atoms with E-state index in [-0.39, 0.29) is 24.1 Å². The van der Waals surface area contributed by atoms with Crippen molar-refractivity contribution in [3.63, 3.8) is 0 Å². The van der Waals surface area contributed by atoms with E-state index in [0.29, 0.717) is 5.92 Å². The van der Waals surface area contributed by atoms with Gasteiger partial charge in [0.15, 0.2) is 0 Å². The zero-order valence-corrected chi connectivity index (χ0v) is 11.0. The van der Waals surface area contributed by atoms with E-state index in [1.807, 2.05) is 0 Å². The summed E-state index contributed by atoms with van der Waals surface area (Å²) in [6, 6.07) is 2.50. The molecule has 6 nitrogen and oxygen atoms in total. The Labute approximate surface area is 110 Å². The first-order chi connectivity index (χ1) is 9.04. The summed E-state index contributed by atoms with van der Waals surface area (Å²) in [5.41, 5.74) is -0.773. The molecule has 6 heteroatoms. The standard InChI is InChI=1S/C13H19N3O3/c1-9-3-2-4-10(7-9)14-12(18)8-16-13(19)6-5-11(17)15-16/h5-6,9-10H,2-4,7-8H2,1H3,(H,14,18)(H,15,17)/t9-,10-/m1/s1. The smallest absolute Gasteiger partial charge is 0.265 e. The summed E-state index contributed by atoms with van der Waals surface area (Å²) in [6.07, 6.45) is 4.29. The van der Waals surface area contributed by atoms with Crippen molar-refractivity contribution in [2.45, 2.75) is 45.2 Å². The molecule has 0 aliphatic heterocycles. The van der Waals surface area contributed by atoms with Crippen LogP contribution in [0.3, 0.4) is 0 Å². The lowest BCUT2D eigenvalue weighted by molar-refractivity contribution is -0.122. The Hall–Kier alpha value is -1.85. The first-order valence-electron chi connectivity index (χ1n) is 6.64. The molecule has 0 saturated heterocycles. The molecule has 0 spiro atoms. The number of rotatable bonds is 3. The van der Waals surface area contributed by atoms with E-state index in [4.69, 9.17) is 0 Å². The van der Waals surface area contributed by atoms with Gasteiger partial charge in [-0.3, -0.25) is 19.5 Å². The highest BCUT2D eigenvalue weighted by Gasteiger charge is 2.20. The number of H-pyrrole nitrogens is 1. The van der Waals surface area contributed by atoms with Crippen LogP contribution in [0.2, 0.25) is 0 Å². The average Bonchev–Trinajstić information content (AvgIpc) is 2.34. The van der Waals surface area contributed by atoms with Crippen LogP contribution in [0.25, 0.3) is 0 Å². The predicted octanol–water partition coefficient (Wildman–Crippen LogP) is 0.231. The average molecular weight is 265 g/mol. The van der Waals surface area contributed by atoms with Gasteiger partial charge in [0.2, 0.25) is 5.91 Å². The predicted molar refractivity (Wildman–Crippen MR) is 70.9 cm³/mol. The van der Waals surface area contributed by atoms with Crippen LogP contribution in [0.5, 0.6) is 0 Å². The van der Waals surface area contributed by atoms with Gasteiger partial charge in [0.1, 0.15) is 6.54 Å². The fraction of sp³-hybridized carbons (Fsp3) is 0.615. The summed E-state index contributed by atoms with van der Waals surface area (Å²) >= 11 is 0. The van der Waals surface area contributed by atoms with Gasteiger partial charge in [-0.2, -0.15) is 0 Å². The van der Waals surface area contributed by atoms with Gasteiger partial charge in [-0.25, -0.2) is 4.68 Å². The summed E-state index contributed by atoms with van der Waals surface area (Å²) in [4.78, 5) is 34.4. The molecule has 0 radical (unpaired) electrons. The fourth-order valence-electron chi connectivity index (χ4n) is 2.56. The van der Waals surface area contributed by atoms with Crippen LogP contribution in [0.1, 0.15) is 32.6 Å². The van der Waals surface area contributed by atoms with Gasteiger partial charge >= 0.3 is 0 Å². The van der Waals surface area contributed by atoms with Crippen LogP contribution in [0, 0.1) is 5.92 Å². The van der Waals surface area contributed by atoms with Crippen molar-refractivity contribution in [2.75, 3.05) is 0 Å². The monoisotopic (exact) mass is 265 g/mol. The summed E-state index contributed by atoms with van der Waals surface area (Å²) in [7, 11) is 0. The minimum Gasteiger partial charge on any atom is -0.352 e. The highest BCUT2D eigenvalue weighted by molar-refractivity contribution is 5.75. The topological polar surface area (TPSA) is 84.0 Å². The molecule has 0 aromatic carbocycles. The van der Waals surface area contributed by atoms with E-state index in [1.54, 1.807) is 0 Å². The van der Waals surface area contributed by atoms with Gasteiger partial charge in [-0.05, 0) is 18.8 Å². The molecule has 2 N–H and O–H groups in total. The second kappa shape index (κ2) is 5.86. The van der Waals surface area contributed by atoms with E-state index in [0.717, 1.165) is 36.1 Å². The van der Waals surface area contributed by atoms with Gasteiger partial charge in [-0.15, -0.1) is 0 Å². The molecule has 1 fully saturated rings. The molecule has 0 unspecified atom stereocenters. The van der Waals surface area contributed by atoms with Crippen molar-refractivity contribution in [3.8, 4) is 0 Å². The number of amides is 1. The van der Waals surface area contributed by atoms with Crippen LogP contribution >= 0.6 is 0 Å². The molecule has 19 heavy (non-hydrogen) atoms. The Balaban J connectivity index is 1.95. The van der Waals surface area contributed by atoms with Crippen molar-refractivity contribution >= 4 is 5.91 Å². The highest BCUT2D eigenvalue weighted by atomic mass is 16.2. The van der Waals surface area contributed by atoms with Crippen LogP contribution in [-0.2, 0) is 11.3 Å². The van der Waals surface area contributed by atoms with E-state index in [1.165, 1.54) is 6.42 Å². The van der Waals surface area contributed by atoms with Gasteiger partial charge in [0.25, 0.3) is 11.1 Å². The summed E-state index contributed by atoms with van der Waals surface area (Å²) < 4.78 is 1.03. The summed E-state index contributed by atoms with van der Waals surface area (Å²) in [5.74, 6) is 0.390. The lowest BCUT2D eigenvalue weighted by atomic mass is 9.87. The highest BCUT2D eigenvalue weighted by Crippen LogP contribution is 2.23. The normalized spacial score (nSPS) is 23.0. The van der Waals surface area contributed by atoms with E-state index in [9.17, 15) is 14.4 Å². The largest absolute Gasteiger partial charge is 0.352 e. The Morgan fingerprint density at radius 2 is 2.21 bits per heavy atom. The van der Waals surface area contributed by atoms with Crippen molar-refractivity contribution in [1.29, 1.82) is 0 Å². The SMILES string of the molecule is C[C@@H]1CCC[C@@H](NC(=O)Cn2[nH]c(=O)ccc2=O)C1. The minimum absolute atomic E-state index is 0.139. The molecule has 1 aromatic rings. The van der Waals surface area contributed by atoms with Gasteiger partial charge in [0, 0.05) is 18.2 Å². The Morgan fingerprint density at radius 1 is 1.42 bits per heavy atom. The van der Waals surface area contributed by atoms with Gasteiger partial charge < -0.3 is 5.32 Å². The molecule has 1 amide bonds. The first-order valence-corrected chi connectivity index (χ1v) is 6.64. The molecule has 2 rings (SSSR count). The van der Waals surface area contributed by atoms with E-state index in [2.05, 4.69) is 17.3 Å². The molecule has 104 valence electrons. The maximum atomic E-state index is 11.9. The summed E-state index contributed by atoms with van der Waals surface area (Å²) in [6.45, 7) is 2.04. The maximum Gasteiger partial charge on any atom is 0.265 e. The van der Waals surface area contributed by atoms with Crippen molar-refractivity contribution in [1.82, 2.24) is 15.1 Å². The molecular weight excluding hydrogens is 246 g/mol. The zero-order valence-electron chi connectivity index (χ0n) is 11.0. The Kier molecular flexibility index (Phi) is 4.19. The van der Waals surface area contributed by atoms with Crippen LogP contribution in [-0.4, -0.2) is 21.7 Å². The number of carbonyl (C=O) groups excluding carboxylic acids is 1. The number of carbonyl (C=O) groups is 1. The summed E-state index contributed by atoms with van der Waals surface area (Å²) in [5, 5.41) is 5.26. The molecule has 2 atom stereocenters. The van der Waals surface area contributed by atoms with Crippen molar-refractivity contribution in [2.24, 2.45) is 5.92 Å². The maximum absolute atomic E-state index is 11.9. The number of nitrogens with zero attached hydrogens (tertiary/aromatic N) is 1. The van der Waals surface area contributed by atoms with Crippen LogP contribution in [0.15, 0.2) is 21.7 Å². The zero-order chi connectivity index (χ0) is 13.8. The molecule has 1 aliphatic rings. The third-order valence-electron chi connectivity index (χ3n) is 3.49. The third kappa shape index (κ3) is 3.81. The molecular formula is C13H19N3O3. The number of aromatic nitrogens is 2. The fourth-order valence-corrected chi connectivity index (χ4v) is 2.56. The van der Waals surface area contributed by atoms with Gasteiger partial charge in [0.05, 0.1) is 0 Å². The number of aromatic amines is 1. The minimum atomic E-state index is -0.390. The lowest BCUT2D eigenvalue weighted by Crippen LogP contribution is -2.42. The van der Waals surface area contributed by atoms with Crippen LogP contribution < -0.4 is 16.4 Å². The second-order valence-electron chi connectivity index (χ2n) is 5.27. The van der Waals surface area contributed by atoms with Crippen LogP contribution in [0.4, 0.5) is 0 Å². The Morgan fingerprint density at radius 3 is 2.95 bits per heavy atom. The van der Waals surface area contributed by atoms with Crippen molar-refractivity contribution in [3.05, 3.63) is 32.8 Å². The first kappa shape index (κ1) is 13.6. The number of nitrogens with one attached hydrogen (secondary N) is 2. The molecule has 1 heterocycles. The Bertz CT molecular complexity index is 561. The molecule has 1 aromatic heterocycles. The quantitative estimate of drug-likeness (QED) is 0.820.